The summed E-state index contributed by atoms with van der Waals surface area (Å²) in [4.78, 5) is 23.0. The molecule has 0 saturated heterocycles. The normalized spacial score (nSPS) is 10.9. The highest BCUT2D eigenvalue weighted by Crippen LogP contribution is 2.22. The highest BCUT2D eigenvalue weighted by atomic mass is 16.6. The smallest absolute Gasteiger partial charge is 0.312 e. The number of aromatic nitrogens is 4. The molecule has 0 aliphatic heterocycles. The summed E-state index contributed by atoms with van der Waals surface area (Å²) in [5, 5.41) is 22.6. The number of hydrogen-bond acceptors (Lipinski definition) is 5. The van der Waals surface area contributed by atoms with Crippen LogP contribution in [0.25, 0.3) is 0 Å². The predicted octanol–water partition coefficient (Wildman–Crippen LogP) is 3.30. The molecule has 2 aromatic heterocycles. The first-order valence-corrected chi connectivity index (χ1v) is 9.33. The van der Waals surface area contributed by atoms with Gasteiger partial charge in [-0.2, -0.15) is 10.2 Å². The van der Waals surface area contributed by atoms with Gasteiger partial charge in [0.05, 0.1) is 23.7 Å². The Balaban J connectivity index is 1.62. The second kappa shape index (κ2) is 8.26. The Morgan fingerprint density at radius 2 is 1.90 bits per heavy atom. The molecule has 0 radical (unpaired) electrons. The summed E-state index contributed by atoms with van der Waals surface area (Å²) in [7, 11) is 0. The Morgan fingerprint density at radius 1 is 1.14 bits per heavy atom. The van der Waals surface area contributed by atoms with Gasteiger partial charge in [-0.05, 0) is 51.5 Å². The first-order chi connectivity index (χ1) is 13.7. The van der Waals surface area contributed by atoms with Crippen LogP contribution >= 0.6 is 0 Å². The SMILES string of the molecule is Cc1cc(C)n(Cc2cccc(NC(=O)CCn3nc(C)c([N+](=O)[O-])c3C)c2)n1. The number of aryl methyl sites for hydroxylation is 4. The van der Waals surface area contributed by atoms with Crippen LogP contribution < -0.4 is 5.32 Å². The maximum absolute atomic E-state index is 12.3. The molecule has 1 N–H and O–H groups in total. The van der Waals surface area contributed by atoms with Gasteiger partial charge in [0.15, 0.2) is 0 Å². The second-order valence-corrected chi connectivity index (χ2v) is 7.08. The molecule has 9 nitrogen and oxygen atoms in total. The monoisotopic (exact) mass is 396 g/mol. The summed E-state index contributed by atoms with van der Waals surface area (Å²) < 4.78 is 3.43. The number of nitro groups is 1. The first kappa shape index (κ1) is 20.2. The summed E-state index contributed by atoms with van der Waals surface area (Å²) >= 11 is 0. The lowest BCUT2D eigenvalue weighted by atomic mass is 10.2. The number of amides is 1. The van der Waals surface area contributed by atoms with Crippen molar-refractivity contribution in [3.63, 3.8) is 0 Å². The van der Waals surface area contributed by atoms with E-state index in [1.807, 2.05) is 48.9 Å². The van der Waals surface area contributed by atoms with Crippen molar-refractivity contribution in [1.29, 1.82) is 0 Å². The minimum absolute atomic E-state index is 0.00209. The summed E-state index contributed by atoms with van der Waals surface area (Å²) in [5.74, 6) is -0.177. The number of rotatable bonds is 7. The molecular weight excluding hydrogens is 372 g/mol. The topological polar surface area (TPSA) is 108 Å². The zero-order chi connectivity index (χ0) is 21.1. The standard InChI is InChI=1S/C20H24N6O3/c1-13-10-14(2)25(22-13)12-17-6-5-7-18(11-17)21-19(27)8-9-24-16(4)20(26(28)29)15(3)23-24/h5-7,10-11H,8-9,12H2,1-4H3,(H,21,27). The highest BCUT2D eigenvalue weighted by molar-refractivity contribution is 5.90. The zero-order valence-corrected chi connectivity index (χ0v) is 17.0. The minimum Gasteiger partial charge on any atom is -0.326 e. The van der Waals surface area contributed by atoms with Gasteiger partial charge in [-0.3, -0.25) is 24.3 Å². The lowest BCUT2D eigenvalue weighted by molar-refractivity contribution is -0.386. The Labute approximate surface area is 168 Å². The number of hydrogen-bond donors (Lipinski definition) is 1. The molecule has 3 aromatic rings. The Hall–Kier alpha value is -3.49. The third-order valence-corrected chi connectivity index (χ3v) is 4.72. The van der Waals surface area contributed by atoms with Crippen molar-refractivity contribution in [3.8, 4) is 0 Å². The molecular formula is C20H24N6O3. The Kier molecular flexibility index (Phi) is 5.76. The molecule has 152 valence electrons. The van der Waals surface area contributed by atoms with Crippen LogP contribution in [-0.2, 0) is 17.9 Å². The molecule has 0 bridgehead atoms. The van der Waals surface area contributed by atoms with Gasteiger partial charge in [0.25, 0.3) is 0 Å². The molecule has 0 spiro atoms. The number of carbonyl (C=O) groups is 1. The molecule has 1 amide bonds. The number of carbonyl (C=O) groups excluding carboxylic acids is 1. The van der Waals surface area contributed by atoms with Gasteiger partial charge in [0.1, 0.15) is 11.4 Å². The molecule has 0 saturated carbocycles. The van der Waals surface area contributed by atoms with Crippen LogP contribution in [0.3, 0.4) is 0 Å². The van der Waals surface area contributed by atoms with Gasteiger partial charge in [-0.15, -0.1) is 0 Å². The first-order valence-electron chi connectivity index (χ1n) is 9.33. The molecule has 2 heterocycles. The molecule has 0 aliphatic carbocycles. The maximum Gasteiger partial charge on any atom is 0.312 e. The highest BCUT2D eigenvalue weighted by Gasteiger charge is 2.21. The van der Waals surface area contributed by atoms with Gasteiger partial charge in [0, 0.05) is 17.8 Å². The van der Waals surface area contributed by atoms with E-state index in [9.17, 15) is 14.9 Å². The van der Waals surface area contributed by atoms with Gasteiger partial charge >= 0.3 is 5.69 Å². The quantitative estimate of drug-likeness (QED) is 0.487. The molecule has 3 rings (SSSR count). The fourth-order valence-electron chi connectivity index (χ4n) is 3.36. The van der Waals surface area contributed by atoms with E-state index in [1.165, 1.54) is 4.68 Å². The summed E-state index contributed by atoms with van der Waals surface area (Å²) in [5.41, 5.74) is 4.59. The average molecular weight is 396 g/mol. The predicted molar refractivity (Wildman–Crippen MR) is 109 cm³/mol. The third kappa shape index (κ3) is 4.68. The van der Waals surface area contributed by atoms with E-state index in [1.54, 1.807) is 13.8 Å². The summed E-state index contributed by atoms with van der Waals surface area (Å²) in [6.07, 6.45) is 0.167. The van der Waals surface area contributed by atoms with Gasteiger partial charge in [0.2, 0.25) is 5.91 Å². The summed E-state index contributed by atoms with van der Waals surface area (Å²) in [6.45, 7) is 8.09. The van der Waals surface area contributed by atoms with Gasteiger partial charge in [-0.25, -0.2) is 0 Å². The van der Waals surface area contributed by atoms with E-state index in [4.69, 9.17) is 0 Å². The minimum atomic E-state index is -0.442. The van der Waals surface area contributed by atoms with Crippen molar-refractivity contribution in [2.45, 2.75) is 47.2 Å². The van der Waals surface area contributed by atoms with Crippen molar-refractivity contribution in [2.24, 2.45) is 0 Å². The number of benzene rings is 1. The molecule has 0 aliphatic rings. The van der Waals surface area contributed by atoms with E-state index in [-0.39, 0.29) is 24.6 Å². The van der Waals surface area contributed by atoms with E-state index >= 15 is 0 Å². The van der Waals surface area contributed by atoms with Crippen molar-refractivity contribution in [1.82, 2.24) is 19.6 Å². The fraction of sp³-hybridized carbons (Fsp3) is 0.350. The largest absolute Gasteiger partial charge is 0.326 e. The van der Waals surface area contributed by atoms with Crippen molar-refractivity contribution in [2.75, 3.05) is 5.32 Å². The second-order valence-electron chi connectivity index (χ2n) is 7.08. The van der Waals surface area contributed by atoms with Crippen LogP contribution in [0.1, 0.15) is 34.8 Å². The molecule has 1 aromatic carbocycles. The summed E-state index contributed by atoms with van der Waals surface area (Å²) in [6, 6.07) is 9.65. The van der Waals surface area contributed by atoms with Crippen LogP contribution in [0.2, 0.25) is 0 Å². The number of anilines is 1. The van der Waals surface area contributed by atoms with Crippen molar-refractivity contribution in [3.05, 3.63) is 68.8 Å². The molecule has 9 heteroatoms. The fourth-order valence-corrected chi connectivity index (χ4v) is 3.36. The maximum atomic E-state index is 12.3. The van der Waals surface area contributed by atoms with Crippen LogP contribution in [0.15, 0.2) is 30.3 Å². The number of nitrogens with one attached hydrogen (secondary N) is 1. The van der Waals surface area contributed by atoms with E-state index < -0.39 is 4.92 Å². The van der Waals surface area contributed by atoms with E-state index in [0.29, 0.717) is 23.6 Å². The molecule has 0 unspecified atom stereocenters. The molecule has 0 fully saturated rings. The van der Waals surface area contributed by atoms with E-state index in [2.05, 4.69) is 15.5 Å². The third-order valence-electron chi connectivity index (χ3n) is 4.72. The molecule has 0 atom stereocenters. The Bertz CT molecular complexity index is 1070. The zero-order valence-electron chi connectivity index (χ0n) is 17.0. The van der Waals surface area contributed by atoms with Crippen molar-refractivity contribution >= 4 is 17.3 Å². The van der Waals surface area contributed by atoms with Crippen molar-refractivity contribution < 1.29 is 9.72 Å². The lowest BCUT2D eigenvalue weighted by Crippen LogP contribution is -2.16. The lowest BCUT2D eigenvalue weighted by Gasteiger charge is -2.09. The Morgan fingerprint density at radius 3 is 2.52 bits per heavy atom. The van der Waals surface area contributed by atoms with Crippen LogP contribution in [0.5, 0.6) is 0 Å². The average Bonchev–Trinajstić information content (AvgIpc) is 3.10. The number of nitrogens with zero attached hydrogens (tertiary/aromatic N) is 5. The van der Waals surface area contributed by atoms with Crippen LogP contribution in [0.4, 0.5) is 11.4 Å². The van der Waals surface area contributed by atoms with Gasteiger partial charge in [-0.1, -0.05) is 12.1 Å². The van der Waals surface area contributed by atoms with Crippen LogP contribution in [-0.4, -0.2) is 30.4 Å². The molecule has 29 heavy (non-hydrogen) atoms. The van der Waals surface area contributed by atoms with E-state index in [0.717, 1.165) is 17.0 Å². The van der Waals surface area contributed by atoms with Crippen LogP contribution in [0, 0.1) is 37.8 Å². The van der Waals surface area contributed by atoms with Gasteiger partial charge < -0.3 is 5.32 Å².